The zero-order chi connectivity index (χ0) is 22.1. The molecule has 2 aromatic carbocycles. The molecular weight excluding hydrogens is 416 g/mol. The molecule has 1 fully saturated rings. The van der Waals surface area contributed by atoms with Gasteiger partial charge < -0.3 is 29.9 Å². The van der Waals surface area contributed by atoms with E-state index in [9.17, 15) is 20.4 Å². The summed E-state index contributed by atoms with van der Waals surface area (Å²) in [4.78, 5) is 1.21. The molecule has 4 N–H and O–H groups in total. The van der Waals surface area contributed by atoms with Gasteiger partial charge in [-0.25, -0.2) is 0 Å². The first kappa shape index (κ1) is 22.2. The van der Waals surface area contributed by atoms with Crippen LogP contribution in [0.25, 0.3) is 10.1 Å². The molecule has 1 aliphatic rings. The summed E-state index contributed by atoms with van der Waals surface area (Å²) >= 11 is 1.74. The van der Waals surface area contributed by atoms with E-state index in [1.807, 2.05) is 44.2 Å². The Balaban J connectivity index is 1.68. The van der Waals surface area contributed by atoms with Gasteiger partial charge in [-0.1, -0.05) is 24.3 Å². The van der Waals surface area contributed by atoms with Crippen molar-refractivity contribution in [3.05, 3.63) is 64.5 Å². The van der Waals surface area contributed by atoms with Crippen molar-refractivity contribution >= 4 is 21.4 Å². The number of rotatable bonds is 6. The number of benzene rings is 2. The van der Waals surface area contributed by atoms with Gasteiger partial charge in [-0.15, -0.1) is 11.3 Å². The van der Waals surface area contributed by atoms with Crippen LogP contribution in [0.1, 0.15) is 36.0 Å². The van der Waals surface area contributed by atoms with Gasteiger partial charge in [-0.2, -0.15) is 0 Å². The number of fused-ring (bicyclic) bond motifs is 1. The predicted molar refractivity (Wildman–Crippen MR) is 120 cm³/mol. The normalized spacial score (nSPS) is 26.5. The Morgan fingerprint density at radius 2 is 1.77 bits per heavy atom. The first-order chi connectivity index (χ1) is 14.9. The molecule has 0 radical (unpaired) electrons. The Kier molecular flexibility index (Phi) is 6.62. The topological polar surface area (TPSA) is 99.4 Å². The van der Waals surface area contributed by atoms with Gasteiger partial charge in [0.05, 0.1) is 12.7 Å². The monoisotopic (exact) mass is 444 g/mol. The van der Waals surface area contributed by atoms with Gasteiger partial charge in [-0.3, -0.25) is 0 Å². The third kappa shape index (κ3) is 4.62. The predicted octanol–water partition coefficient (Wildman–Crippen LogP) is 2.79. The second-order valence-electron chi connectivity index (χ2n) is 8.22. The molecule has 6 nitrogen and oxygen atoms in total. The highest BCUT2D eigenvalue weighted by Gasteiger charge is 2.44. The van der Waals surface area contributed by atoms with Crippen LogP contribution in [-0.2, 0) is 11.2 Å². The average molecular weight is 445 g/mol. The van der Waals surface area contributed by atoms with E-state index in [0.717, 1.165) is 5.56 Å². The number of hydrogen-bond donors (Lipinski definition) is 4. The molecule has 0 bridgehead atoms. The van der Waals surface area contributed by atoms with Crippen molar-refractivity contribution in [2.45, 2.75) is 56.9 Å². The molecule has 0 spiro atoms. The summed E-state index contributed by atoms with van der Waals surface area (Å²) in [6.07, 6.45) is -5.50. The van der Waals surface area contributed by atoms with Gasteiger partial charge >= 0.3 is 0 Å². The van der Waals surface area contributed by atoms with E-state index < -0.39 is 37.1 Å². The summed E-state index contributed by atoms with van der Waals surface area (Å²) in [7, 11) is 0. The Hall–Kier alpha value is -2.00. The van der Waals surface area contributed by atoms with Gasteiger partial charge in [0, 0.05) is 21.6 Å². The van der Waals surface area contributed by atoms with Crippen LogP contribution in [0.15, 0.2) is 48.5 Å². The van der Waals surface area contributed by atoms with E-state index in [-0.39, 0.29) is 6.10 Å². The molecule has 0 aliphatic carbocycles. The van der Waals surface area contributed by atoms with Crippen molar-refractivity contribution in [3.8, 4) is 5.75 Å². The van der Waals surface area contributed by atoms with Crippen molar-refractivity contribution in [1.29, 1.82) is 0 Å². The maximum Gasteiger partial charge on any atom is 0.125 e. The SMILES string of the molecule is CC(C)Oc1ccc(Cc2cc3ccccc3s2)cc1C1O[C@H](CO)[C@@H](O)[C@H](O)[C@H]1O. The van der Waals surface area contributed by atoms with E-state index in [0.29, 0.717) is 17.7 Å². The van der Waals surface area contributed by atoms with Crippen LogP contribution in [0.4, 0.5) is 0 Å². The molecule has 31 heavy (non-hydrogen) atoms. The van der Waals surface area contributed by atoms with E-state index in [2.05, 4.69) is 18.2 Å². The summed E-state index contributed by atoms with van der Waals surface area (Å²) < 4.78 is 13.0. The molecule has 1 aliphatic heterocycles. The first-order valence-electron chi connectivity index (χ1n) is 10.4. The lowest BCUT2D eigenvalue weighted by atomic mass is 9.90. The van der Waals surface area contributed by atoms with Gasteiger partial charge in [0.2, 0.25) is 0 Å². The Bertz CT molecular complexity index is 997. The molecule has 4 rings (SSSR count). The van der Waals surface area contributed by atoms with Crippen molar-refractivity contribution < 1.29 is 29.9 Å². The van der Waals surface area contributed by atoms with Crippen molar-refractivity contribution in [2.24, 2.45) is 0 Å². The number of hydrogen-bond acceptors (Lipinski definition) is 7. The Labute approximate surface area is 185 Å². The minimum atomic E-state index is -1.44. The lowest BCUT2D eigenvalue weighted by molar-refractivity contribution is -0.232. The average Bonchev–Trinajstić information content (AvgIpc) is 3.15. The fourth-order valence-corrected chi connectivity index (χ4v) is 5.07. The van der Waals surface area contributed by atoms with Crippen molar-refractivity contribution in [2.75, 3.05) is 6.61 Å². The van der Waals surface area contributed by atoms with Crippen LogP contribution < -0.4 is 4.74 Å². The molecule has 7 heteroatoms. The molecular formula is C24H28O6S. The van der Waals surface area contributed by atoms with Crippen molar-refractivity contribution in [3.63, 3.8) is 0 Å². The highest BCUT2D eigenvalue weighted by Crippen LogP contribution is 2.38. The van der Waals surface area contributed by atoms with Crippen molar-refractivity contribution in [1.82, 2.24) is 0 Å². The fraction of sp³-hybridized carbons (Fsp3) is 0.417. The molecule has 0 amide bonds. The summed E-state index contributed by atoms with van der Waals surface area (Å²) in [6, 6.07) is 16.2. The molecule has 1 aromatic heterocycles. The minimum absolute atomic E-state index is 0.0999. The zero-order valence-corrected chi connectivity index (χ0v) is 18.3. The van der Waals surface area contributed by atoms with Gasteiger partial charge in [0.1, 0.15) is 36.3 Å². The number of ether oxygens (including phenoxy) is 2. The second kappa shape index (κ2) is 9.24. The minimum Gasteiger partial charge on any atom is -0.491 e. The summed E-state index contributed by atoms with van der Waals surface area (Å²) in [6.45, 7) is 3.34. The highest BCUT2D eigenvalue weighted by atomic mass is 32.1. The lowest BCUT2D eigenvalue weighted by Gasteiger charge is -2.40. The van der Waals surface area contributed by atoms with Crippen LogP contribution in [-0.4, -0.2) is 57.6 Å². The number of thiophene rings is 1. The van der Waals surface area contributed by atoms with Crippen LogP contribution >= 0.6 is 11.3 Å². The fourth-order valence-electron chi connectivity index (χ4n) is 3.98. The van der Waals surface area contributed by atoms with Crippen LogP contribution in [0, 0.1) is 0 Å². The Morgan fingerprint density at radius 3 is 2.48 bits per heavy atom. The largest absolute Gasteiger partial charge is 0.491 e. The second-order valence-corrected chi connectivity index (χ2v) is 9.38. The van der Waals surface area contributed by atoms with E-state index in [1.54, 1.807) is 11.3 Å². The first-order valence-corrected chi connectivity index (χ1v) is 11.3. The van der Waals surface area contributed by atoms with Crippen LogP contribution in [0.5, 0.6) is 5.75 Å². The molecule has 5 atom stereocenters. The van der Waals surface area contributed by atoms with Gasteiger partial charge in [0.15, 0.2) is 0 Å². The number of aliphatic hydroxyl groups excluding tert-OH is 4. The van der Waals surface area contributed by atoms with Crippen LogP contribution in [0.3, 0.4) is 0 Å². The standard InChI is InChI=1S/C24H28O6S/c1-13(2)29-18-8-7-14(9-16-11-15-5-3-4-6-20(15)31-16)10-17(18)24-23(28)22(27)21(26)19(12-25)30-24/h3-8,10-11,13,19,21-28H,9,12H2,1-2H3/t19-,21-,22+,23-,24?/m1/s1. The quantitative estimate of drug-likeness (QED) is 0.467. The molecule has 3 aromatic rings. The molecule has 166 valence electrons. The Morgan fingerprint density at radius 1 is 1.00 bits per heavy atom. The smallest absolute Gasteiger partial charge is 0.125 e. The molecule has 1 unspecified atom stereocenters. The van der Waals surface area contributed by atoms with E-state index in [4.69, 9.17) is 9.47 Å². The zero-order valence-electron chi connectivity index (χ0n) is 17.5. The molecule has 1 saturated heterocycles. The highest BCUT2D eigenvalue weighted by molar-refractivity contribution is 7.19. The summed E-state index contributed by atoms with van der Waals surface area (Å²) in [5, 5.41) is 41.8. The van der Waals surface area contributed by atoms with Gasteiger partial charge in [0.25, 0.3) is 0 Å². The maximum absolute atomic E-state index is 10.6. The maximum atomic E-state index is 10.6. The van der Waals surface area contributed by atoms with Gasteiger partial charge in [-0.05, 0) is 49.1 Å². The molecule has 2 heterocycles. The molecule has 0 saturated carbocycles. The lowest BCUT2D eigenvalue weighted by Crippen LogP contribution is -2.55. The summed E-state index contributed by atoms with van der Waals surface area (Å²) in [5.74, 6) is 0.541. The summed E-state index contributed by atoms with van der Waals surface area (Å²) in [5.41, 5.74) is 1.60. The van der Waals surface area contributed by atoms with Crippen LogP contribution in [0.2, 0.25) is 0 Å². The third-order valence-electron chi connectivity index (χ3n) is 5.49. The third-order valence-corrected chi connectivity index (χ3v) is 6.61. The van der Waals surface area contributed by atoms with E-state index >= 15 is 0 Å². The number of aliphatic hydroxyl groups is 4. The van der Waals surface area contributed by atoms with E-state index in [1.165, 1.54) is 15.0 Å².